The zero-order valence-corrected chi connectivity index (χ0v) is 11.6. The van der Waals surface area contributed by atoms with Crippen molar-refractivity contribution in [3.8, 4) is 0 Å². The van der Waals surface area contributed by atoms with Gasteiger partial charge in [0.05, 0.1) is 6.20 Å². The molecule has 1 aromatic rings. The number of hydrogen-bond donors (Lipinski definition) is 0. The van der Waals surface area contributed by atoms with Crippen molar-refractivity contribution in [2.75, 3.05) is 0 Å². The van der Waals surface area contributed by atoms with Crippen molar-refractivity contribution in [3.05, 3.63) is 41.4 Å². The molecular formula is C15H21N3. The highest BCUT2D eigenvalue weighted by Gasteiger charge is 2.11. The Labute approximate surface area is 109 Å². The number of nitrogens with zero attached hydrogens (tertiary/aromatic N) is 3. The fraction of sp³-hybridized carbons (Fsp3) is 0.467. The average Bonchev–Trinajstić information content (AvgIpc) is 2.68. The molecule has 0 saturated carbocycles. The van der Waals surface area contributed by atoms with Crippen LogP contribution in [0.5, 0.6) is 0 Å². The predicted octanol–water partition coefficient (Wildman–Crippen LogP) is 3.49. The minimum absolute atomic E-state index is 0.519. The smallest absolute Gasteiger partial charge is 0.0580 e. The van der Waals surface area contributed by atoms with E-state index < -0.39 is 0 Å². The Kier molecular flexibility index (Phi) is 3.80. The molecule has 1 aromatic heterocycles. The molecule has 0 bridgehead atoms. The van der Waals surface area contributed by atoms with Gasteiger partial charge in [0.15, 0.2) is 0 Å². The van der Waals surface area contributed by atoms with Crippen LogP contribution in [0, 0.1) is 5.92 Å². The van der Waals surface area contributed by atoms with E-state index in [1.54, 1.807) is 0 Å². The maximum Gasteiger partial charge on any atom is 0.0580 e. The van der Waals surface area contributed by atoms with Gasteiger partial charge in [-0.3, -0.25) is 9.67 Å². The average molecular weight is 243 g/mol. The first-order chi connectivity index (χ1) is 8.56. The summed E-state index contributed by atoms with van der Waals surface area (Å²) in [7, 11) is 1.93. The first-order valence-electron chi connectivity index (χ1n) is 6.49. The van der Waals surface area contributed by atoms with Crippen LogP contribution >= 0.6 is 0 Å². The van der Waals surface area contributed by atoms with E-state index in [4.69, 9.17) is 4.99 Å². The number of aryl methyl sites for hydroxylation is 1. The zero-order valence-electron chi connectivity index (χ0n) is 11.6. The van der Waals surface area contributed by atoms with Gasteiger partial charge in [-0.25, -0.2) is 0 Å². The van der Waals surface area contributed by atoms with Crippen LogP contribution in [0.15, 0.2) is 40.8 Å². The molecule has 0 amide bonds. The Morgan fingerprint density at radius 3 is 2.94 bits per heavy atom. The molecule has 1 aliphatic rings. The molecule has 0 spiro atoms. The van der Waals surface area contributed by atoms with E-state index in [0.29, 0.717) is 5.92 Å². The second kappa shape index (κ2) is 5.34. The lowest BCUT2D eigenvalue weighted by atomic mass is 10.0. The quantitative estimate of drug-likeness (QED) is 0.731. The van der Waals surface area contributed by atoms with Gasteiger partial charge in [0, 0.05) is 30.2 Å². The molecule has 1 heterocycles. The van der Waals surface area contributed by atoms with Crippen LogP contribution in [0.3, 0.4) is 0 Å². The van der Waals surface area contributed by atoms with E-state index >= 15 is 0 Å². The third-order valence-corrected chi connectivity index (χ3v) is 3.37. The highest BCUT2D eigenvalue weighted by atomic mass is 15.2. The highest BCUT2D eigenvalue weighted by Crippen LogP contribution is 2.24. The van der Waals surface area contributed by atoms with Crippen LogP contribution in [-0.4, -0.2) is 15.5 Å². The van der Waals surface area contributed by atoms with Gasteiger partial charge in [-0.2, -0.15) is 5.10 Å². The topological polar surface area (TPSA) is 30.2 Å². The minimum Gasteiger partial charge on any atom is -0.275 e. The Balaban J connectivity index is 2.28. The molecule has 3 heteroatoms. The molecule has 18 heavy (non-hydrogen) atoms. The number of aromatic nitrogens is 2. The molecule has 0 N–H and O–H groups in total. The molecule has 3 nitrogen and oxygen atoms in total. The summed E-state index contributed by atoms with van der Waals surface area (Å²) in [6.45, 7) is 6.44. The fourth-order valence-corrected chi connectivity index (χ4v) is 2.15. The van der Waals surface area contributed by atoms with Gasteiger partial charge in [0.2, 0.25) is 0 Å². The molecule has 1 unspecified atom stereocenters. The van der Waals surface area contributed by atoms with Gasteiger partial charge < -0.3 is 0 Å². The maximum absolute atomic E-state index is 4.79. The lowest BCUT2D eigenvalue weighted by Crippen LogP contribution is -2.00. The first-order valence-corrected chi connectivity index (χ1v) is 6.49. The summed E-state index contributed by atoms with van der Waals surface area (Å²) >= 11 is 0. The third kappa shape index (κ3) is 2.97. The van der Waals surface area contributed by atoms with Gasteiger partial charge in [0.1, 0.15) is 0 Å². The monoisotopic (exact) mass is 243 g/mol. The van der Waals surface area contributed by atoms with Gasteiger partial charge in [-0.15, -0.1) is 0 Å². The third-order valence-electron chi connectivity index (χ3n) is 3.37. The second-order valence-corrected chi connectivity index (χ2v) is 5.10. The maximum atomic E-state index is 4.79. The summed E-state index contributed by atoms with van der Waals surface area (Å²) in [5.74, 6) is 0.519. The van der Waals surface area contributed by atoms with Crippen molar-refractivity contribution in [2.24, 2.45) is 18.0 Å². The standard InChI is InChI=1S/C15H21N3/c1-11-6-5-7-12(2)15(8-11)17-13(3)14-9-16-18(4)10-14/h6,8-10,12H,5,7H2,1-4H3. The summed E-state index contributed by atoms with van der Waals surface area (Å²) in [5, 5.41) is 4.19. The van der Waals surface area contributed by atoms with Crippen LogP contribution in [0.25, 0.3) is 0 Å². The summed E-state index contributed by atoms with van der Waals surface area (Å²) < 4.78 is 1.81. The van der Waals surface area contributed by atoms with Crippen molar-refractivity contribution in [1.82, 2.24) is 9.78 Å². The Morgan fingerprint density at radius 1 is 1.50 bits per heavy atom. The second-order valence-electron chi connectivity index (χ2n) is 5.10. The molecule has 0 radical (unpaired) electrons. The van der Waals surface area contributed by atoms with Crippen molar-refractivity contribution in [2.45, 2.75) is 33.6 Å². The van der Waals surface area contributed by atoms with Crippen LogP contribution in [0.4, 0.5) is 0 Å². The molecular weight excluding hydrogens is 222 g/mol. The largest absolute Gasteiger partial charge is 0.275 e. The van der Waals surface area contributed by atoms with Crippen molar-refractivity contribution < 1.29 is 0 Å². The summed E-state index contributed by atoms with van der Waals surface area (Å²) in [6, 6.07) is 0. The van der Waals surface area contributed by atoms with Crippen LogP contribution < -0.4 is 0 Å². The lowest BCUT2D eigenvalue weighted by Gasteiger charge is -2.10. The minimum atomic E-state index is 0.519. The fourth-order valence-electron chi connectivity index (χ4n) is 2.15. The highest BCUT2D eigenvalue weighted by molar-refractivity contribution is 5.98. The lowest BCUT2D eigenvalue weighted by molar-refractivity contribution is 0.620. The summed E-state index contributed by atoms with van der Waals surface area (Å²) in [6.07, 6.45) is 10.7. The van der Waals surface area contributed by atoms with Gasteiger partial charge in [-0.05, 0) is 38.7 Å². The number of hydrogen-bond acceptors (Lipinski definition) is 2. The molecule has 0 aliphatic heterocycles. The summed E-state index contributed by atoms with van der Waals surface area (Å²) in [5.41, 5.74) is 4.63. The molecule has 0 aromatic carbocycles. The van der Waals surface area contributed by atoms with E-state index in [-0.39, 0.29) is 0 Å². The molecule has 0 fully saturated rings. The van der Waals surface area contributed by atoms with Crippen molar-refractivity contribution in [3.63, 3.8) is 0 Å². The Hall–Kier alpha value is -1.64. The van der Waals surface area contributed by atoms with Crippen LogP contribution in [0.2, 0.25) is 0 Å². The predicted molar refractivity (Wildman–Crippen MR) is 75.7 cm³/mol. The molecule has 0 saturated heterocycles. The molecule has 1 aliphatic carbocycles. The van der Waals surface area contributed by atoms with Crippen LogP contribution in [0.1, 0.15) is 39.2 Å². The Morgan fingerprint density at radius 2 is 2.28 bits per heavy atom. The van der Waals surface area contributed by atoms with Crippen LogP contribution in [-0.2, 0) is 7.05 Å². The van der Waals surface area contributed by atoms with E-state index in [1.807, 2.05) is 24.1 Å². The Bertz CT molecular complexity index is 518. The number of rotatable bonds is 2. The van der Waals surface area contributed by atoms with Crippen molar-refractivity contribution in [1.29, 1.82) is 0 Å². The summed E-state index contributed by atoms with van der Waals surface area (Å²) in [4.78, 5) is 4.79. The normalized spacial score (nSPS) is 21.3. The number of allylic oxidation sites excluding steroid dienone is 4. The first kappa shape index (κ1) is 12.8. The van der Waals surface area contributed by atoms with Gasteiger partial charge in [0.25, 0.3) is 0 Å². The van der Waals surface area contributed by atoms with Gasteiger partial charge >= 0.3 is 0 Å². The SMILES string of the molecule is CC1=CCCC(C)C(N=C(C)c2cnn(C)c2)=C1. The van der Waals surface area contributed by atoms with Gasteiger partial charge in [-0.1, -0.05) is 18.6 Å². The van der Waals surface area contributed by atoms with Crippen molar-refractivity contribution >= 4 is 5.71 Å². The zero-order chi connectivity index (χ0) is 13.1. The molecule has 96 valence electrons. The number of aliphatic imine (C=N–C) groups is 1. The van der Waals surface area contributed by atoms with E-state index in [9.17, 15) is 0 Å². The van der Waals surface area contributed by atoms with E-state index in [2.05, 4.69) is 38.0 Å². The molecule has 2 rings (SSSR count). The van der Waals surface area contributed by atoms with E-state index in [0.717, 1.165) is 17.7 Å². The molecule has 1 atom stereocenters. The van der Waals surface area contributed by atoms with E-state index in [1.165, 1.54) is 17.7 Å².